The Kier molecular flexibility index (Phi) is 3.66. The number of nitrogens with zero attached hydrogens (tertiary/aromatic N) is 6. The van der Waals surface area contributed by atoms with Crippen LogP contribution in [0, 0.1) is 0 Å². The predicted octanol–water partition coefficient (Wildman–Crippen LogP) is 0.438. The van der Waals surface area contributed by atoms with Gasteiger partial charge in [-0.15, -0.1) is 0 Å². The van der Waals surface area contributed by atoms with Gasteiger partial charge < -0.3 is 9.80 Å². The second kappa shape index (κ2) is 5.61. The Morgan fingerprint density at radius 1 is 1.38 bits per heavy atom. The van der Waals surface area contributed by atoms with Gasteiger partial charge in [0.25, 0.3) is 5.91 Å². The van der Waals surface area contributed by atoms with Crippen LogP contribution >= 0.6 is 0 Å². The SMILES string of the molecule is C[C@H]1CN(C)CCN1C(=O)c1cccnc1-n1cncn1. The summed E-state index contributed by atoms with van der Waals surface area (Å²) in [6, 6.07) is 3.74. The third-order valence-electron chi connectivity index (χ3n) is 3.74. The third kappa shape index (κ3) is 2.64. The van der Waals surface area contributed by atoms with Crippen molar-refractivity contribution in [2.75, 3.05) is 26.7 Å². The van der Waals surface area contributed by atoms with Crippen molar-refractivity contribution < 1.29 is 4.79 Å². The molecule has 7 heteroatoms. The molecular weight excluding hydrogens is 268 g/mol. The molecule has 110 valence electrons. The zero-order valence-corrected chi connectivity index (χ0v) is 12.2. The van der Waals surface area contributed by atoms with Gasteiger partial charge in [0.2, 0.25) is 0 Å². The number of carbonyl (C=O) groups excluding carboxylic acids is 1. The van der Waals surface area contributed by atoms with Gasteiger partial charge in [0.1, 0.15) is 12.7 Å². The number of amides is 1. The maximum Gasteiger partial charge on any atom is 0.258 e. The van der Waals surface area contributed by atoms with Gasteiger partial charge in [0, 0.05) is 31.9 Å². The van der Waals surface area contributed by atoms with Gasteiger partial charge in [-0.05, 0) is 26.1 Å². The van der Waals surface area contributed by atoms with Gasteiger partial charge in [-0.1, -0.05) is 0 Å². The summed E-state index contributed by atoms with van der Waals surface area (Å²) < 4.78 is 1.52. The lowest BCUT2D eigenvalue weighted by molar-refractivity contribution is 0.0533. The summed E-state index contributed by atoms with van der Waals surface area (Å²) in [6.45, 7) is 4.56. The van der Waals surface area contributed by atoms with Crippen molar-refractivity contribution in [3.63, 3.8) is 0 Å². The molecule has 1 amide bonds. The van der Waals surface area contributed by atoms with E-state index in [1.54, 1.807) is 24.7 Å². The molecule has 1 aliphatic rings. The topological polar surface area (TPSA) is 67.2 Å². The molecule has 1 aliphatic heterocycles. The van der Waals surface area contributed by atoms with Crippen molar-refractivity contribution in [2.24, 2.45) is 0 Å². The van der Waals surface area contributed by atoms with Crippen LogP contribution in [-0.4, -0.2) is 68.2 Å². The molecule has 0 unspecified atom stereocenters. The highest BCUT2D eigenvalue weighted by atomic mass is 16.2. The predicted molar refractivity (Wildman–Crippen MR) is 77.1 cm³/mol. The van der Waals surface area contributed by atoms with Crippen LogP contribution in [-0.2, 0) is 0 Å². The second-order valence-corrected chi connectivity index (χ2v) is 5.32. The average molecular weight is 286 g/mol. The molecule has 21 heavy (non-hydrogen) atoms. The Labute approximate surface area is 123 Å². The van der Waals surface area contributed by atoms with Gasteiger partial charge in [-0.25, -0.2) is 14.6 Å². The molecular formula is C14H18N6O. The first-order valence-electron chi connectivity index (χ1n) is 6.96. The molecule has 0 radical (unpaired) electrons. The molecule has 0 aromatic carbocycles. The maximum absolute atomic E-state index is 12.8. The molecule has 1 atom stereocenters. The van der Waals surface area contributed by atoms with Crippen molar-refractivity contribution in [1.29, 1.82) is 0 Å². The normalized spacial score (nSPS) is 19.7. The summed E-state index contributed by atoms with van der Waals surface area (Å²) in [6.07, 6.45) is 4.63. The standard InChI is InChI=1S/C14H18N6O/c1-11-8-18(2)6-7-19(11)14(21)12-4-3-5-16-13(12)20-10-15-9-17-20/h3-5,9-11H,6-8H2,1-2H3/t11-/m0/s1. The summed E-state index contributed by atoms with van der Waals surface area (Å²) in [5.74, 6) is 0.514. The lowest BCUT2D eigenvalue weighted by atomic mass is 10.1. The Hall–Kier alpha value is -2.28. The molecule has 3 heterocycles. The fraction of sp³-hybridized carbons (Fsp3) is 0.429. The van der Waals surface area contributed by atoms with Crippen molar-refractivity contribution in [1.82, 2.24) is 29.5 Å². The summed E-state index contributed by atoms with van der Waals surface area (Å²) in [7, 11) is 2.07. The first kappa shape index (κ1) is 13.7. The molecule has 0 bridgehead atoms. The van der Waals surface area contributed by atoms with Crippen LogP contribution in [0.5, 0.6) is 0 Å². The fourth-order valence-corrected chi connectivity index (χ4v) is 2.66. The molecule has 0 aliphatic carbocycles. The molecule has 7 nitrogen and oxygen atoms in total. The van der Waals surface area contributed by atoms with E-state index >= 15 is 0 Å². The smallest absolute Gasteiger partial charge is 0.258 e. The van der Waals surface area contributed by atoms with E-state index in [1.807, 2.05) is 4.90 Å². The highest BCUT2D eigenvalue weighted by Crippen LogP contribution is 2.17. The van der Waals surface area contributed by atoms with E-state index in [-0.39, 0.29) is 11.9 Å². The Bertz CT molecular complexity index is 626. The van der Waals surface area contributed by atoms with E-state index in [4.69, 9.17) is 0 Å². The van der Waals surface area contributed by atoms with Gasteiger partial charge in [-0.2, -0.15) is 5.10 Å². The minimum absolute atomic E-state index is 0.00537. The summed E-state index contributed by atoms with van der Waals surface area (Å²) in [4.78, 5) is 25.2. The van der Waals surface area contributed by atoms with Crippen LogP contribution in [0.15, 0.2) is 31.0 Å². The number of hydrogen-bond acceptors (Lipinski definition) is 5. The van der Waals surface area contributed by atoms with E-state index in [2.05, 4.69) is 33.9 Å². The second-order valence-electron chi connectivity index (χ2n) is 5.32. The lowest BCUT2D eigenvalue weighted by Crippen LogP contribution is -2.52. The number of piperazine rings is 1. The van der Waals surface area contributed by atoms with E-state index in [1.165, 1.54) is 11.0 Å². The van der Waals surface area contributed by atoms with Crippen LogP contribution in [0.2, 0.25) is 0 Å². The molecule has 2 aromatic heterocycles. The van der Waals surface area contributed by atoms with E-state index < -0.39 is 0 Å². The zero-order chi connectivity index (χ0) is 14.8. The highest BCUT2D eigenvalue weighted by Gasteiger charge is 2.28. The largest absolute Gasteiger partial charge is 0.333 e. The highest BCUT2D eigenvalue weighted by molar-refractivity contribution is 5.97. The van der Waals surface area contributed by atoms with Crippen molar-refractivity contribution in [3.8, 4) is 5.82 Å². The first-order valence-corrected chi connectivity index (χ1v) is 6.96. The molecule has 1 fully saturated rings. The molecule has 1 saturated heterocycles. The number of rotatable bonds is 2. The zero-order valence-electron chi connectivity index (χ0n) is 12.2. The molecule has 0 saturated carbocycles. The Morgan fingerprint density at radius 2 is 2.24 bits per heavy atom. The molecule has 3 rings (SSSR count). The fourth-order valence-electron chi connectivity index (χ4n) is 2.66. The monoisotopic (exact) mass is 286 g/mol. The van der Waals surface area contributed by atoms with Crippen LogP contribution < -0.4 is 0 Å². The van der Waals surface area contributed by atoms with E-state index in [0.717, 1.165) is 19.6 Å². The number of carbonyl (C=O) groups is 1. The van der Waals surface area contributed by atoms with Crippen LogP contribution in [0.25, 0.3) is 5.82 Å². The number of likely N-dealkylation sites (N-methyl/N-ethyl adjacent to an activating group) is 1. The number of pyridine rings is 1. The van der Waals surface area contributed by atoms with Gasteiger partial charge in [0.15, 0.2) is 5.82 Å². The third-order valence-corrected chi connectivity index (χ3v) is 3.74. The van der Waals surface area contributed by atoms with Crippen LogP contribution in [0.4, 0.5) is 0 Å². The van der Waals surface area contributed by atoms with Crippen molar-refractivity contribution in [2.45, 2.75) is 13.0 Å². The number of aromatic nitrogens is 4. The molecule has 0 spiro atoms. The average Bonchev–Trinajstić information content (AvgIpc) is 3.01. The quantitative estimate of drug-likeness (QED) is 0.801. The lowest BCUT2D eigenvalue weighted by Gasteiger charge is -2.38. The maximum atomic E-state index is 12.8. The minimum atomic E-state index is -0.00537. The summed E-state index contributed by atoms with van der Waals surface area (Å²) in [5.41, 5.74) is 0.555. The minimum Gasteiger partial charge on any atom is -0.333 e. The van der Waals surface area contributed by atoms with Crippen LogP contribution in [0.1, 0.15) is 17.3 Å². The summed E-state index contributed by atoms with van der Waals surface area (Å²) in [5, 5.41) is 4.07. The van der Waals surface area contributed by atoms with Crippen molar-refractivity contribution >= 4 is 5.91 Å². The van der Waals surface area contributed by atoms with Gasteiger partial charge >= 0.3 is 0 Å². The van der Waals surface area contributed by atoms with E-state index in [9.17, 15) is 4.79 Å². The van der Waals surface area contributed by atoms with E-state index in [0.29, 0.717) is 11.4 Å². The molecule has 0 N–H and O–H groups in total. The first-order chi connectivity index (χ1) is 10.2. The summed E-state index contributed by atoms with van der Waals surface area (Å²) >= 11 is 0. The van der Waals surface area contributed by atoms with Crippen LogP contribution in [0.3, 0.4) is 0 Å². The van der Waals surface area contributed by atoms with Gasteiger partial charge in [0.05, 0.1) is 5.56 Å². The van der Waals surface area contributed by atoms with Crippen molar-refractivity contribution in [3.05, 3.63) is 36.5 Å². The molecule has 2 aromatic rings. The Morgan fingerprint density at radius 3 is 2.95 bits per heavy atom. The van der Waals surface area contributed by atoms with Gasteiger partial charge in [-0.3, -0.25) is 4.79 Å². The Balaban J connectivity index is 1.92. The number of hydrogen-bond donors (Lipinski definition) is 0.